The molecule has 2 aromatic carbocycles. The molecular weight excluding hydrogens is 352 g/mol. The Kier molecular flexibility index (Phi) is 3.07. The van der Waals surface area contributed by atoms with Gasteiger partial charge in [0.15, 0.2) is 0 Å². The van der Waals surface area contributed by atoms with Crippen LogP contribution >= 0.6 is 0 Å². The van der Waals surface area contributed by atoms with E-state index in [2.05, 4.69) is 29.4 Å². The summed E-state index contributed by atoms with van der Waals surface area (Å²) in [6.45, 7) is 0. The van der Waals surface area contributed by atoms with Crippen LogP contribution in [0.15, 0.2) is 76.4 Å². The third-order valence-corrected chi connectivity index (χ3v) is 6.27. The van der Waals surface area contributed by atoms with E-state index in [-0.39, 0.29) is 23.7 Å². The maximum absolute atomic E-state index is 13.3. The van der Waals surface area contributed by atoms with Crippen LogP contribution in [0.3, 0.4) is 0 Å². The molecule has 3 aromatic rings. The number of rotatable bonds is 2. The first-order valence-corrected chi connectivity index (χ1v) is 9.38. The van der Waals surface area contributed by atoms with Gasteiger partial charge in [-0.25, -0.2) is 0 Å². The fraction of sp³-hybridized carbons (Fsp3) is 0.174. The van der Waals surface area contributed by atoms with Crippen LogP contribution < -0.4 is 0 Å². The van der Waals surface area contributed by atoms with Gasteiger partial charge in [-0.05, 0) is 34.4 Å². The van der Waals surface area contributed by atoms with Gasteiger partial charge in [0.05, 0.1) is 24.3 Å². The molecule has 2 atom stereocenters. The van der Waals surface area contributed by atoms with Crippen LogP contribution in [0, 0.1) is 11.8 Å². The summed E-state index contributed by atoms with van der Waals surface area (Å²) < 4.78 is 5.24. The van der Waals surface area contributed by atoms with Crippen LogP contribution in [-0.2, 0) is 9.59 Å². The Morgan fingerprint density at radius 2 is 1.25 bits per heavy atom. The number of benzene rings is 2. The van der Waals surface area contributed by atoms with E-state index in [0.29, 0.717) is 5.76 Å². The third kappa shape index (κ3) is 1.88. The summed E-state index contributed by atoms with van der Waals surface area (Å²) in [7, 11) is 0. The van der Waals surface area contributed by atoms with Gasteiger partial charge in [-0.1, -0.05) is 48.5 Å². The van der Waals surface area contributed by atoms with Gasteiger partial charge >= 0.3 is 0 Å². The molecular formula is C23H16N2O3. The largest absolute Gasteiger partial charge is 0.463 e. The topological polar surface area (TPSA) is 62.9 Å². The highest BCUT2D eigenvalue weighted by molar-refractivity contribution is 6.08. The highest BCUT2D eigenvalue weighted by Crippen LogP contribution is 2.60. The Balaban J connectivity index is 1.50. The molecule has 1 aromatic heterocycles. The minimum absolute atomic E-state index is 0.109. The van der Waals surface area contributed by atoms with Crippen LogP contribution in [0.1, 0.15) is 39.8 Å². The molecule has 2 amide bonds. The Morgan fingerprint density at radius 3 is 1.68 bits per heavy atom. The zero-order chi connectivity index (χ0) is 18.8. The van der Waals surface area contributed by atoms with Crippen molar-refractivity contribution in [1.29, 1.82) is 0 Å². The van der Waals surface area contributed by atoms with E-state index in [4.69, 9.17) is 4.42 Å². The van der Waals surface area contributed by atoms with Crippen molar-refractivity contribution in [1.82, 2.24) is 5.01 Å². The average molecular weight is 368 g/mol. The van der Waals surface area contributed by atoms with Gasteiger partial charge in [0.2, 0.25) is 0 Å². The summed E-state index contributed by atoms with van der Waals surface area (Å²) in [5.41, 5.74) is 4.63. The van der Waals surface area contributed by atoms with Gasteiger partial charge in [-0.2, -0.15) is 10.1 Å². The Morgan fingerprint density at radius 1 is 0.750 bits per heavy atom. The lowest BCUT2D eigenvalue weighted by Crippen LogP contribution is -2.41. The minimum atomic E-state index is -0.406. The second-order valence-corrected chi connectivity index (χ2v) is 7.51. The molecule has 0 saturated carbocycles. The fourth-order valence-corrected chi connectivity index (χ4v) is 5.25. The number of imide groups is 1. The molecule has 0 spiro atoms. The van der Waals surface area contributed by atoms with Gasteiger partial charge in [0.1, 0.15) is 5.76 Å². The molecule has 136 valence electrons. The molecule has 28 heavy (non-hydrogen) atoms. The number of carbonyl (C=O) groups is 2. The molecule has 0 unspecified atom stereocenters. The number of hydrogen-bond acceptors (Lipinski definition) is 4. The summed E-state index contributed by atoms with van der Waals surface area (Å²) >= 11 is 0. The molecule has 3 aliphatic carbocycles. The molecule has 0 radical (unpaired) electrons. The average Bonchev–Trinajstić information content (AvgIpc) is 3.34. The van der Waals surface area contributed by atoms with E-state index >= 15 is 0 Å². The van der Waals surface area contributed by atoms with Crippen LogP contribution in [0.25, 0.3) is 0 Å². The summed E-state index contributed by atoms with van der Waals surface area (Å²) in [5.74, 6) is -0.976. The summed E-state index contributed by atoms with van der Waals surface area (Å²) in [6, 6.07) is 19.8. The molecule has 5 heteroatoms. The molecule has 2 bridgehead atoms. The maximum Gasteiger partial charge on any atom is 0.254 e. The van der Waals surface area contributed by atoms with Crippen molar-refractivity contribution in [2.75, 3.05) is 0 Å². The molecule has 1 fully saturated rings. The first kappa shape index (κ1) is 15.6. The normalized spacial score (nSPS) is 27.2. The van der Waals surface area contributed by atoms with Gasteiger partial charge in [0.25, 0.3) is 11.8 Å². The number of amides is 2. The van der Waals surface area contributed by atoms with E-state index in [1.54, 1.807) is 12.1 Å². The van der Waals surface area contributed by atoms with E-state index in [1.165, 1.54) is 12.5 Å². The summed E-state index contributed by atoms with van der Waals surface area (Å²) in [4.78, 5) is 26.6. The van der Waals surface area contributed by atoms with Crippen LogP contribution in [-0.4, -0.2) is 23.0 Å². The number of hydrazone groups is 1. The quantitative estimate of drug-likeness (QED) is 0.514. The minimum Gasteiger partial charge on any atom is -0.463 e. The van der Waals surface area contributed by atoms with Crippen molar-refractivity contribution >= 4 is 18.0 Å². The molecule has 1 saturated heterocycles. The van der Waals surface area contributed by atoms with Gasteiger partial charge < -0.3 is 4.42 Å². The molecule has 4 aliphatic rings. The second kappa shape index (κ2) is 5.52. The third-order valence-electron chi connectivity index (χ3n) is 6.27. The van der Waals surface area contributed by atoms with Crippen molar-refractivity contribution in [2.45, 2.75) is 11.8 Å². The molecule has 2 heterocycles. The number of hydrogen-bond donors (Lipinski definition) is 0. The molecule has 5 nitrogen and oxygen atoms in total. The molecule has 7 rings (SSSR count). The van der Waals surface area contributed by atoms with Crippen molar-refractivity contribution in [3.05, 3.63) is 94.9 Å². The Bertz CT molecular complexity index is 1030. The van der Waals surface area contributed by atoms with Crippen LogP contribution in [0.4, 0.5) is 0 Å². The first-order valence-electron chi connectivity index (χ1n) is 9.38. The zero-order valence-electron chi connectivity index (χ0n) is 14.9. The van der Waals surface area contributed by atoms with E-state index in [0.717, 1.165) is 27.3 Å². The first-order chi connectivity index (χ1) is 13.8. The predicted molar refractivity (Wildman–Crippen MR) is 102 cm³/mol. The van der Waals surface area contributed by atoms with Crippen molar-refractivity contribution in [2.24, 2.45) is 16.9 Å². The van der Waals surface area contributed by atoms with Crippen molar-refractivity contribution < 1.29 is 14.0 Å². The van der Waals surface area contributed by atoms with Crippen molar-refractivity contribution in [3.63, 3.8) is 0 Å². The van der Waals surface area contributed by atoms with Gasteiger partial charge in [0, 0.05) is 11.8 Å². The lowest BCUT2D eigenvalue weighted by atomic mass is 9.55. The van der Waals surface area contributed by atoms with Gasteiger partial charge in [-0.3, -0.25) is 9.59 Å². The van der Waals surface area contributed by atoms with E-state index < -0.39 is 11.8 Å². The Labute approximate surface area is 161 Å². The zero-order valence-corrected chi connectivity index (χ0v) is 14.9. The smallest absolute Gasteiger partial charge is 0.254 e. The van der Waals surface area contributed by atoms with E-state index in [9.17, 15) is 9.59 Å². The number of nitrogens with zero attached hydrogens (tertiary/aromatic N) is 2. The van der Waals surface area contributed by atoms with Crippen LogP contribution in [0.5, 0.6) is 0 Å². The van der Waals surface area contributed by atoms with Gasteiger partial charge in [-0.15, -0.1) is 0 Å². The SMILES string of the molecule is O=C1[C@@H]2C3c4ccccc4C(c4ccccc43)[C@@H]2C(=O)N1/N=C\c1ccco1. The lowest BCUT2D eigenvalue weighted by Gasteiger charge is -2.45. The highest BCUT2D eigenvalue weighted by atomic mass is 16.3. The number of carbonyl (C=O) groups excluding carboxylic acids is 2. The maximum atomic E-state index is 13.3. The predicted octanol–water partition coefficient (Wildman–Crippen LogP) is 3.51. The second-order valence-electron chi connectivity index (χ2n) is 7.51. The fourth-order valence-electron chi connectivity index (χ4n) is 5.25. The lowest BCUT2D eigenvalue weighted by molar-refractivity contribution is -0.139. The number of furan rings is 1. The molecule has 1 aliphatic heterocycles. The standard InChI is InChI=1S/C23H16N2O3/c26-22-20-18-14-7-1-2-8-15(14)19(17-10-4-3-9-16(17)18)21(20)23(27)25(22)24-12-13-6-5-11-28-13/h1-12,18-21H/b24-12-/t18?,19?,20-,21+. The Hall–Kier alpha value is -3.47. The summed E-state index contributed by atoms with van der Waals surface area (Å²) in [5, 5.41) is 5.24. The highest BCUT2D eigenvalue weighted by Gasteiger charge is 2.61. The van der Waals surface area contributed by atoms with E-state index in [1.807, 2.05) is 24.3 Å². The summed E-state index contributed by atoms with van der Waals surface area (Å²) in [6.07, 6.45) is 2.96. The molecule has 0 N–H and O–H groups in total. The van der Waals surface area contributed by atoms with Crippen molar-refractivity contribution in [3.8, 4) is 0 Å². The van der Waals surface area contributed by atoms with Crippen LogP contribution in [0.2, 0.25) is 0 Å². The monoisotopic (exact) mass is 368 g/mol.